The summed E-state index contributed by atoms with van der Waals surface area (Å²) in [6, 6.07) is -0.161. The Morgan fingerprint density at radius 3 is 3.14 bits per heavy atom. The summed E-state index contributed by atoms with van der Waals surface area (Å²) < 4.78 is 5.04. The van der Waals surface area contributed by atoms with E-state index in [2.05, 4.69) is 15.1 Å². The van der Waals surface area contributed by atoms with E-state index < -0.39 is 0 Å². The third-order valence-electron chi connectivity index (χ3n) is 1.86. The van der Waals surface area contributed by atoms with E-state index in [1.165, 1.54) is 11.3 Å². The first-order chi connectivity index (χ1) is 6.81. The second kappa shape index (κ2) is 3.85. The van der Waals surface area contributed by atoms with Gasteiger partial charge in [0.15, 0.2) is 5.82 Å². The van der Waals surface area contributed by atoms with E-state index in [4.69, 9.17) is 10.3 Å². The zero-order valence-corrected chi connectivity index (χ0v) is 8.49. The fourth-order valence-electron chi connectivity index (χ4n) is 0.990. The van der Waals surface area contributed by atoms with Crippen LogP contribution in [0.3, 0.4) is 0 Å². The highest BCUT2D eigenvalue weighted by atomic mass is 32.1. The SMILES string of the molecule is CCC(N)c1noc(-c2cscn2)n1. The Bertz CT molecular complexity index is 397. The summed E-state index contributed by atoms with van der Waals surface area (Å²) in [4.78, 5) is 8.23. The van der Waals surface area contributed by atoms with Gasteiger partial charge in [-0.05, 0) is 6.42 Å². The number of nitrogens with two attached hydrogens (primary N) is 1. The molecule has 0 aliphatic heterocycles. The van der Waals surface area contributed by atoms with Gasteiger partial charge in [-0.1, -0.05) is 12.1 Å². The topological polar surface area (TPSA) is 77.8 Å². The highest BCUT2D eigenvalue weighted by Gasteiger charge is 2.14. The van der Waals surface area contributed by atoms with Crippen molar-refractivity contribution in [2.24, 2.45) is 5.73 Å². The standard InChI is InChI=1S/C8H10N4OS/c1-2-5(9)7-11-8(13-12-7)6-3-14-4-10-6/h3-5H,2,9H2,1H3. The predicted molar refractivity (Wildman–Crippen MR) is 52.6 cm³/mol. The third-order valence-corrected chi connectivity index (χ3v) is 2.45. The molecule has 6 heteroatoms. The monoisotopic (exact) mass is 210 g/mol. The minimum atomic E-state index is -0.161. The first kappa shape index (κ1) is 9.29. The minimum absolute atomic E-state index is 0.161. The summed E-state index contributed by atoms with van der Waals surface area (Å²) >= 11 is 1.49. The molecular weight excluding hydrogens is 200 g/mol. The van der Waals surface area contributed by atoms with Gasteiger partial charge < -0.3 is 10.3 Å². The highest BCUT2D eigenvalue weighted by Crippen LogP contribution is 2.18. The van der Waals surface area contributed by atoms with Crippen molar-refractivity contribution in [3.8, 4) is 11.6 Å². The molecule has 2 heterocycles. The van der Waals surface area contributed by atoms with Crippen LogP contribution in [-0.2, 0) is 0 Å². The van der Waals surface area contributed by atoms with Crippen LogP contribution in [-0.4, -0.2) is 15.1 Å². The number of hydrogen-bond donors (Lipinski definition) is 1. The summed E-state index contributed by atoms with van der Waals surface area (Å²) in [6.07, 6.45) is 0.788. The molecule has 0 aromatic carbocycles. The van der Waals surface area contributed by atoms with Gasteiger partial charge in [0, 0.05) is 5.38 Å². The van der Waals surface area contributed by atoms with Crippen molar-refractivity contribution < 1.29 is 4.52 Å². The van der Waals surface area contributed by atoms with Crippen LogP contribution < -0.4 is 5.73 Å². The molecule has 2 N–H and O–H groups in total. The van der Waals surface area contributed by atoms with Gasteiger partial charge in [-0.25, -0.2) is 4.98 Å². The number of thiazole rings is 1. The third kappa shape index (κ3) is 1.66. The maximum atomic E-state index is 5.76. The van der Waals surface area contributed by atoms with Crippen molar-refractivity contribution in [2.75, 3.05) is 0 Å². The average molecular weight is 210 g/mol. The van der Waals surface area contributed by atoms with Crippen LogP contribution in [0.15, 0.2) is 15.4 Å². The van der Waals surface area contributed by atoms with Crippen LogP contribution in [0, 0.1) is 0 Å². The van der Waals surface area contributed by atoms with E-state index in [0.29, 0.717) is 17.4 Å². The lowest BCUT2D eigenvalue weighted by molar-refractivity contribution is 0.414. The molecule has 2 aromatic heterocycles. The summed E-state index contributed by atoms with van der Waals surface area (Å²) in [7, 11) is 0. The minimum Gasteiger partial charge on any atom is -0.332 e. The van der Waals surface area contributed by atoms with Crippen molar-refractivity contribution in [2.45, 2.75) is 19.4 Å². The van der Waals surface area contributed by atoms with E-state index in [-0.39, 0.29) is 6.04 Å². The molecule has 2 aromatic rings. The van der Waals surface area contributed by atoms with Crippen LogP contribution in [0.2, 0.25) is 0 Å². The van der Waals surface area contributed by atoms with Gasteiger partial charge >= 0.3 is 0 Å². The summed E-state index contributed by atoms with van der Waals surface area (Å²) in [5, 5.41) is 5.65. The molecule has 5 nitrogen and oxygen atoms in total. The number of aromatic nitrogens is 3. The average Bonchev–Trinajstić information content (AvgIpc) is 2.86. The van der Waals surface area contributed by atoms with Crippen molar-refractivity contribution in [1.29, 1.82) is 0 Å². The Morgan fingerprint density at radius 2 is 2.50 bits per heavy atom. The molecule has 0 aliphatic rings. The molecule has 0 radical (unpaired) electrons. The summed E-state index contributed by atoms with van der Waals surface area (Å²) in [5.74, 6) is 0.973. The highest BCUT2D eigenvalue weighted by molar-refractivity contribution is 7.07. The predicted octanol–water partition coefficient (Wildman–Crippen LogP) is 1.60. The molecule has 2 rings (SSSR count). The fourth-order valence-corrected chi connectivity index (χ4v) is 1.52. The quantitative estimate of drug-likeness (QED) is 0.832. The van der Waals surface area contributed by atoms with Gasteiger partial charge in [0.25, 0.3) is 5.89 Å². The van der Waals surface area contributed by atoms with Crippen LogP contribution in [0.1, 0.15) is 25.2 Å². The van der Waals surface area contributed by atoms with Crippen LogP contribution in [0.5, 0.6) is 0 Å². The maximum absolute atomic E-state index is 5.76. The molecule has 74 valence electrons. The van der Waals surface area contributed by atoms with Gasteiger partial charge in [0.1, 0.15) is 5.69 Å². The Kier molecular flexibility index (Phi) is 2.55. The Hall–Kier alpha value is -1.27. The van der Waals surface area contributed by atoms with Crippen LogP contribution in [0.25, 0.3) is 11.6 Å². The maximum Gasteiger partial charge on any atom is 0.277 e. The Morgan fingerprint density at radius 1 is 1.64 bits per heavy atom. The van der Waals surface area contributed by atoms with Crippen LogP contribution >= 0.6 is 11.3 Å². The first-order valence-corrected chi connectivity index (χ1v) is 5.23. The number of hydrogen-bond acceptors (Lipinski definition) is 6. The Labute approximate surface area is 85.0 Å². The zero-order valence-electron chi connectivity index (χ0n) is 7.67. The molecule has 0 saturated heterocycles. The van der Waals surface area contributed by atoms with Crippen molar-refractivity contribution >= 4 is 11.3 Å². The van der Waals surface area contributed by atoms with E-state index >= 15 is 0 Å². The van der Waals surface area contributed by atoms with Gasteiger partial charge in [0.05, 0.1) is 11.6 Å². The molecule has 0 spiro atoms. The molecule has 1 unspecified atom stereocenters. The molecule has 0 saturated carbocycles. The molecular formula is C8H10N4OS. The van der Waals surface area contributed by atoms with Crippen LogP contribution in [0.4, 0.5) is 0 Å². The van der Waals surface area contributed by atoms with Gasteiger partial charge in [0.2, 0.25) is 0 Å². The van der Waals surface area contributed by atoms with Crippen molar-refractivity contribution in [3.63, 3.8) is 0 Å². The van der Waals surface area contributed by atoms with Crippen molar-refractivity contribution in [1.82, 2.24) is 15.1 Å². The second-order valence-electron chi connectivity index (χ2n) is 2.85. The molecule has 0 amide bonds. The number of rotatable bonds is 3. The van der Waals surface area contributed by atoms with Gasteiger partial charge in [-0.15, -0.1) is 11.3 Å². The van der Waals surface area contributed by atoms with E-state index in [1.54, 1.807) is 5.51 Å². The summed E-state index contributed by atoms with van der Waals surface area (Å²) in [6.45, 7) is 1.98. The lowest BCUT2D eigenvalue weighted by Gasteiger charge is -1.98. The smallest absolute Gasteiger partial charge is 0.277 e. The first-order valence-electron chi connectivity index (χ1n) is 4.29. The Balaban J connectivity index is 2.26. The molecule has 0 fully saturated rings. The lowest BCUT2D eigenvalue weighted by atomic mass is 10.2. The molecule has 14 heavy (non-hydrogen) atoms. The lowest BCUT2D eigenvalue weighted by Crippen LogP contribution is -2.10. The molecule has 0 bridgehead atoms. The normalized spacial score (nSPS) is 13.0. The zero-order chi connectivity index (χ0) is 9.97. The summed E-state index contributed by atoms with van der Waals surface area (Å²) in [5.41, 5.74) is 8.18. The molecule has 0 aliphatic carbocycles. The largest absolute Gasteiger partial charge is 0.332 e. The van der Waals surface area contributed by atoms with Gasteiger partial charge in [-0.2, -0.15) is 4.98 Å². The molecule has 1 atom stereocenters. The number of nitrogens with zero attached hydrogens (tertiary/aromatic N) is 3. The van der Waals surface area contributed by atoms with Gasteiger partial charge in [-0.3, -0.25) is 0 Å². The second-order valence-corrected chi connectivity index (χ2v) is 3.56. The van der Waals surface area contributed by atoms with E-state index in [1.807, 2.05) is 12.3 Å². The fraction of sp³-hybridized carbons (Fsp3) is 0.375. The van der Waals surface area contributed by atoms with E-state index in [9.17, 15) is 0 Å². The van der Waals surface area contributed by atoms with Crippen molar-refractivity contribution in [3.05, 3.63) is 16.7 Å². The van der Waals surface area contributed by atoms with E-state index in [0.717, 1.165) is 6.42 Å².